The predicted octanol–water partition coefficient (Wildman–Crippen LogP) is 3.68. The molecule has 0 saturated carbocycles. The van der Waals surface area contributed by atoms with Crippen LogP contribution in [0.4, 0.5) is 5.69 Å². The van der Waals surface area contributed by atoms with Crippen LogP contribution in [0.5, 0.6) is 0 Å². The second-order valence-electron chi connectivity index (χ2n) is 4.89. The number of pyridine rings is 1. The van der Waals surface area contributed by atoms with Gasteiger partial charge in [0.05, 0.1) is 16.3 Å². The first kappa shape index (κ1) is 16.5. The number of carbonyl (C=O) groups is 2. The highest BCUT2D eigenvalue weighted by atomic mass is 35.5. The van der Waals surface area contributed by atoms with E-state index in [9.17, 15) is 9.59 Å². The van der Waals surface area contributed by atoms with Crippen LogP contribution in [-0.4, -0.2) is 11.7 Å². The fourth-order valence-corrected chi connectivity index (χ4v) is 2.24. The molecule has 1 aromatic heterocycles. The van der Waals surface area contributed by atoms with E-state index in [1.54, 1.807) is 54.2 Å². The predicted molar refractivity (Wildman–Crippen MR) is 86.4 cm³/mol. The van der Waals surface area contributed by atoms with E-state index in [0.717, 1.165) is 0 Å². The molecule has 1 N–H and O–H groups in total. The van der Waals surface area contributed by atoms with Crippen molar-refractivity contribution in [2.75, 3.05) is 5.32 Å². The summed E-state index contributed by atoms with van der Waals surface area (Å²) in [6.45, 7) is 3.22. The number of Topliss-reactive ketones (excluding diaryl/α,β-unsaturated/α-hetero) is 1. The summed E-state index contributed by atoms with van der Waals surface area (Å²) in [6, 6.07) is 7.78. The number of nitrogens with zero attached hydrogens (tertiary/aromatic N) is 1. The van der Waals surface area contributed by atoms with Gasteiger partial charge < -0.3 is 5.32 Å². The van der Waals surface area contributed by atoms with E-state index in [-0.39, 0.29) is 11.7 Å². The molecule has 22 heavy (non-hydrogen) atoms. The van der Waals surface area contributed by atoms with Gasteiger partial charge >= 0.3 is 0 Å². The lowest BCUT2D eigenvalue weighted by molar-refractivity contribution is -0.705. The first-order chi connectivity index (χ1) is 10.4. The largest absolute Gasteiger partial charge is 0.319 e. The fraction of sp³-hybridized carbons (Fsp3) is 0.188. The van der Waals surface area contributed by atoms with Crippen LogP contribution in [0.3, 0.4) is 0 Å². The Morgan fingerprint density at radius 2 is 1.95 bits per heavy atom. The average molecular weight is 338 g/mol. The number of halogens is 2. The standard InChI is InChI=1S/C16H14Cl2N2O2/c1-10(20-7-3-4-12(9-20)11(2)21)16(22)19-15-8-13(17)5-6-14(15)18/h3-10H,1-2H3/p+1/t10-/m1/s1. The lowest BCUT2D eigenvalue weighted by atomic mass is 10.2. The van der Waals surface area contributed by atoms with Crippen molar-refractivity contribution < 1.29 is 14.2 Å². The third-order valence-corrected chi connectivity index (χ3v) is 3.81. The quantitative estimate of drug-likeness (QED) is 0.683. The van der Waals surface area contributed by atoms with E-state index in [4.69, 9.17) is 23.2 Å². The minimum atomic E-state index is -0.505. The summed E-state index contributed by atoms with van der Waals surface area (Å²) in [4.78, 5) is 23.8. The van der Waals surface area contributed by atoms with Gasteiger partial charge in [0, 0.05) is 18.0 Å². The molecule has 0 aliphatic carbocycles. The van der Waals surface area contributed by atoms with Crippen LogP contribution in [0, 0.1) is 0 Å². The maximum Gasteiger partial charge on any atom is 0.293 e. The molecule has 4 nitrogen and oxygen atoms in total. The van der Waals surface area contributed by atoms with Crippen molar-refractivity contribution >= 4 is 40.6 Å². The maximum atomic E-state index is 12.3. The molecule has 1 atom stereocenters. The molecule has 114 valence electrons. The molecular formula is C16H15Cl2N2O2+. The SMILES string of the molecule is CC(=O)c1ccc[n+]([C@H](C)C(=O)Nc2cc(Cl)ccc2Cl)c1. The van der Waals surface area contributed by atoms with Crippen molar-refractivity contribution in [3.8, 4) is 0 Å². The Morgan fingerprint density at radius 1 is 1.23 bits per heavy atom. The highest BCUT2D eigenvalue weighted by Gasteiger charge is 2.23. The Labute approximate surface area is 138 Å². The number of amides is 1. The number of benzene rings is 1. The van der Waals surface area contributed by atoms with Gasteiger partial charge in [-0.25, -0.2) is 0 Å². The number of ketones is 1. The van der Waals surface area contributed by atoms with Crippen LogP contribution in [0.15, 0.2) is 42.7 Å². The van der Waals surface area contributed by atoms with Crippen LogP contribution in [0.1, 0.15) is 30.2 Å². The zero-order chi connectivity index (χ0) is 16.3. The van der Waals surface area contributed by atoms with Crippen LogP contribution in [0.25, 0.3) is 0 Å². The highest BCUT2D eigenvalue weighted by Crippen LogP contribution is 2.25. The Kier molecular flexibility index (Phi) is 5.16. The van der Waals surface area contributed by atoms with Gasteiger partial charge in [0.25, 0.3) is 5.91 Å². The molecule has 0 aliphatic rings. The Balaban J connectivity index is 2.20. The zero-order valence-electron chi connectivity index (χ0n) is 12.1. The van der Waals surface area contributed by atoms with Gasteiger partial charge in [-0.05, 0) is 31.2 Å². The summed E-state index contributed by atoms with van der Waals surface area (Å²) in [7, 11) is 0. The molecule has 0 radical (unpaired) electrons. The van der Waals surface area contributed by atoms with E-state index in [2.05, 4.69) is 5.32 Å². The monoisotopic (exact) mass is 337 g/mol. The van der Waals surface area contributed by atoms with Crippen molar-refractivity contribution in [3.63, 3.8) is 0 Å². The first-order valence-corrected chi connectivity index (χ1v) is 7.41. The van der Waals surface area contributed by atoms with Crippen LogP contribution in [-0.2, 0) is 4.79 Å². The lowest BCUT2D eigenvalue weighted by Crippen LogP contribution is -2.44. The first-order valence-electron chi connectivity index (χ1n) is 6.66. The van der Waals surface area contributed by atoms with Crippen LogP contribution >= 0.6 is 23.2 Å². The summed E-state index contributed by atoms with van der Waals surface area (Å²) in [5.74, 6) is -0.310. The van der Waals surface area contributed by atoms with E-state index >= 15 is 0 Å². The third kappa shape index (κ3) is 3.84. The maximum absolute atomic E-state index is 12.3. The molecule has 0 spiro atoms. The molecule has 0 aliphatic heterocycles. The highest BCUT2D eigenvalue weighted by molar-refractivity contribution is 6.35. The zero-order valence-corrected chi connectivity index (χ0v) is 13.7. The minimum absolute atomic E-state index is 0.0557. The van der Waals surface area contributed by atoms with Gasteiger partial charge in [-0.3, -0.25) is 9.59 Å². The van der Waals surface area contributed by atoms with Gasteiger partial charge in [0.1, 0.15) is 0 Å². The normalized spacial score (nSPS) is 11.8. The summed E-state index contributed by atoms with van der Waals surface area (Å²) in [5, 5.41) is 3.63. The van der Waals surface area contributed by atoms with Crippen LogP contribution < -0.4 is 9.88 Å². The van der Waals surface area contributed by atoms with Gasteiger partial charge in [-0.2, -0.15) is 4.57 Å². The molecule has 0 fully saturated rings. The number of anilines is 1. The number of carbonyl (C=O) groups excluding carboxylic acids is 2. The molecule has 1 aromatic carbocycles. The lowest BCUT2D eigenvalue weighted by Gasteiger charge is -2.10. The van der Waals surface area contributed by atoms with E-state index in [1.165, 1.54) is 6.92 Å². The van der Waals surface area contributed by atoms with Gasteiger partial charge in [0.15, 0.2) is 18.2 Å². The Hall–Kier alpha value is -1.91. The topological polar surface area (TPSA) is 50.0 Å². The summed E-state index contributed by atoms with van der Waals surface area (Å²) in [6.07, 6.45) is 3.38. The van der Waals surface area contributed by atoms with Crippen molar-refractivity contribution in [2.45, 2.75) is 19.9 Å². The number of hydrogen-bond acceptors (Lipinski definition) is 2. The summed E-state index contributed by atoms with van der Waals surface area (Å²) < 4.78 is 1.67. The fourth-order valence-electron chi connectivity index (χ4n) is 1.91. The second-order valence-corrected chi connectivity index (χ2v) is 5.73. The Morgan fingerprint density at radius 3 is 2.64 bits per heavy atom. The summed E-state index contributed by atoms with van der Waals surface area (Å²) >= 11 is 11.9. The molecule has 1 heterocycles. The minimum Gasteiger partial charge on any atom is -0.319 e. The molecule has 0 saturated heterocycles. The van der Waals surface area contributed by atoms with Crippen molar-refractivity contribution in [2.24, 2.45) is 0 Å². The van der Waals surface area contributed by atoms with Gasteiger partial charge in [0.2, 0.25) is 6.04 Å². The molecule has 2 aromatic rings. The summed E-state index contributed by atoms with van der Waals surface area (Å²) in [5.41, 5.74) is 0.997. The number of aromatic nitrogens is 1. The second kappa shape index (κ2) is 6.90. The molecule has 6 heteroatoms. The number of rotatable bonds is 4. The molecule has 1 amide bonds. The molecular weight excluding hydrogens is 323 g/mol. The average Bonchev–Trinajstić information content (AvgIpc) is 2.50. The van der Waals surface area contributed by atoms with Crippen molar-refractivity contribution in [1.29, 1.82) is 0 Å². The number of nitrogens with one attached hydrogen (secondary N) is 1. The van der Waals surface area contributed by atoms with E-state index in [1.807, 2.05) is 0 Å². The van der Waals surface area contributed by atoms with Gasteiger partial charge in [-0.1, -0.05) is 23.2 Å². The smallest absolute Gasteiger partial charge is 0.293 e. The van der Waals surface area contributed by atoms with E-state index < -0.39 is 6.04 Å². The Bertz CT molecular complexity index is 732. The van der Waals surface area contributed by atoms with Crippen molar-refractivity contribution in [1.82, 2.24) is 0 Å². The van der Waals surface area contributed by atoms with Crippen LogP contribution in [0.2, 0.25) is 10.0 Å². The van der Waals surface area contributed by atoms with Crippen molar-refractivity contribution in [3.05, 3.63) is 58.3 Å². The third-order valence-electron chi connectivity index (χ3n) is 3.24. The number of hydrogen-bond donors (Lipinski definition) is 1. The molecule has 0 bridgehead atoms. The van der Waals surface area contributed by atoms with E-state index in [0.29, 0.717) is 21.3 Å². The van der Waals surface area contributed by atoms with Gasteiger partial charge in [-0.15, -0.1) is 0 Å². The molecule has 2 rings (SSSR count). The molecule has 0 unspecified atom stereocenters.